The van der Waals surface area contributed by atoms with Crippen molar-refractivity contribution in [2.45, 2.75) is 88.4 Å². The Hall–Kier alpha value is -1.14. The zero-order valence-electron chi connectivity index (χ0n) is 16.6. The summed E-state index contributed by atoms with van der Waals surface area (Å²) >= 11 is 0. The molecule has 4 unspecified atom stereocenters. The molecule has 4 heterocycles. The van der Waals surface area contributed by atoms with Crippen molar-refractivity contribution >= 4 is 11.9 Å². The summed E-state index contributed by atoms with van der Waals surface area (Å²) in [6.07, 6.45) is 8.56. The summed E-state index contributed by atoms with van der Waals surface area (Å²) in [4.78, 5) is 29.1. The average molecular weight is 379 g/mol. The minimum atomic E-state index is -0.872. The monoisotopic (exact) mass is 378 g/mol. The third-order valence-corrected chi connectivity index (χ3v) is 8.80. The van der Waals surface area contributed by atoms with Crippen LogP contribution in [0.25, 0.3) is 0 Å². The van der Waals surface area contributed by atoms with E-state index in [2.05, 4.69) is 23.9 Å². The molecule has 2 N–H and O–H groups in total. The predicted molar refractivity (Wildman–Crippen MR) is 102 cm³/mol. The molecule has 4 saturated heterocycles. The highest BCUT2D eigenvalue weighted by atomic mass is 16.4. The Morgan fingerprint density at radius 3 is 1.48 bits per heavy atom. The molecule has 0 aromatic carbocycles. The molecule has 6 nitrogen and oxygen atoms in total. The first-order chi connectivity index (χ1) is 12.8. The highest BCUT2D eigenvalue weighted by Gasteiger charge is 2.58. The van der Waals surface area contributed by atoms with Crippen LogP contribution in [0.3, 0.4) is 0 Å². The normalized spacial score (nSPS) is 41.4. The number of rotatable bonds is 6. The van der Waals surface area contributed by atoms with Crippen LogP contribution >= 0.6 is 0 Å². The standard InChI is InChI=1S/C21H34N2O4/c1-22-15-3-4-16(22)10-13(9-15)21(20(26)27,8-7-19(24)25)14-11-17-5-6-18(12-14)23(17)2/h13-18H,3-12H2,1-2H3,(H,24,25)(H,26,27). The van der Waals surface area contributed by atoms with Crippen molar-refractivity contribution in [3.05, 3.63) is 0 Å². The Labute approximate surface area is 161 Å². The number of fused-ring (bicyclic) bond motifs is 4. The summed E-state index contributed by atoms with van der Waals surface area (Å²) in [5.41, 5.74) is -0.872. The summed E-state index contributed by atoms with van der Waals surface area (Å²) in [5.74, 6) is -1.38. The van der Waals surface area contributed by atoms with Gasteiger partial charge in [0.25, 0.3) is 0 Å². The Bertz CT molecular complexity index is 547. The van der Waals surface area contributed by atoms with Crippen LogP contribution in [0.4, 0.5) is 0 Å². The molecule has 0 aromatic rings. The van der Waals surface area contributed by atoms with Crippen LogP contribution in [0.1, 0.15) is 64.2 Å². The average Bonchev–Trinajstić information content (AvgIpc) is 2.95. The van der Waals surface area contributed by atoms with Crippen LogP contribution in [0, 0.1) is 17.3 Å². The number of carboxylic acid groups (broad SMARTS) is 2. The Balaban J connectivity index is 1.66. The second-order valence-electron chi connectivity index (χ2n) is 9.68. The fraction of sp³-hybridized carbons (Fsp3) is 0.905. The molecule has 0 aliphatic carbocycles. The molecule has 0 amide bonds. The smallest absolute Gasteiger partial charge is 0.310 e. The summed E-state index contributed by atoms with van der Waals surface area (Å²) in [6.45, 7) is 0. The molecular formula is C21H34N2O4. The zero-order chi connectivity index (χ0) is 19.3. The van der Waals surface area contributed by atoms with Gasteiger partial charge in [0.15, 0.2) is 0 Å². The van der Waals surface area contributed by atoms with E-state index >= 15 is 0 Å². The number of hydrogen-bond donors (Lipinski definition) is 2. The molecule has 27 heavy (non-hydrogen) atoms. The van der Waals surface area contributed by atoms with Crippen LogP contribution in [0.5, 0.6) is 0 Å². The van der Waals surface area contributed by atoms with Crippen LogP contribution in [-0.4, -0.2) is 70.2 Å². The predicted octanol–water partition coefficient (Wildman–Crippen LogP) is 2.67. The van der Waals surface area contributed by atoms with Gasteiger partial charge in [-0.15, -0.1) is 0 Å². The van der Waals surface area contributed by atoms with E-state index < -0.39 is 17.4 Å². The van der Waals surface area contributed by atoms with Crippen molar-refractivity contribution in [3.8, 4) is 0 Å². The van der Waals surface area contributed by atoms with Crippen molar-refractivity contribution in [2.24, 2.45) is 17.3 Å². The van der Waals surface area contributed by atoms with Crippen molar-refractivity contribution in [3.63, 3.8) is 0 Å². The number of aliphatic carboxylic acids is 2. The minimum Gasteiger partial charge on any atom is -0.481 e. The van der Waals surface area contributed by atoms with Gasteiger partial charge in [-0.25, -0.2) is 0 Å². The van der Waals surface area contributed by atoms with Gasteiger partial charge in [0.05, 0.1) is 5.41 Å². The minimum absolute atomic E-state index is 0.0321. The number of carbonyl (C=O) groups is 2. The lowest BCUT2D eigenvalue weighted by Crippen LogP contribution is -2.55. The van der Waals surface area contributed by atoms with Crippen molar-refractivity contribution in [1.82, 2.24) is 9.80 Å². The molecule has 4 atom stereocenters. The molecule has 4 bridgehead atoms. The first-order valence-electron chi connectivity index (χ1n) is 10.7. The maximum Gasteiger partial charge on any atom is 0.310 e. The van der Waals surface area contributed by atoms with E-state index in [0.29, 0.717) is 30.6 Å². The molecule has 6 heteroatoms. The molecule has 152 valence electrons. The highest BCUT2D eigenvalue weighted by molar-refractivity contribution is 5.77. The lowest BCUT2D eigenvalue weighted by Gasteiger charge is -2.51. The first-order valence-corrected chi connectivity index (χ1v) is 10.7. The molecule has 4 fully saturated rings. The molecule has 0 saturated carbocycles. The molecule has 4 rings (SSSR count). The van der Waals surface area contributed by atoms with Crippen LogP contribution < -0.4 is 0 Å². The quantitative estimate of drug-likeness (QED) is 0.740. The summed E-state index contributed by atoms with van der Waals surface area (Å²) in [6, 6.07) is 1.89. The molecule has 0 radical (unpaired) electrons. The summed E-state index contributed by atoms with van der Waals surface area (Å²) in [7, 11) is 4.35. The molecule has 4 aliphatic heterocycles. The Morgan fingerprint density at radius 1 is 0.815 bits per heavy atom. The van der Waals surface area contributed by atoms with E-state index in [1.165, 1.54) is 0 Å². The maximum atomic E-state index is 12.8. The Kier molecular flexibility index (Phi) is 5.00. The fourth-order valence-corrected chi connectivity index (χ4v) is 7.18. The van der Waals surface area contributed by atoms with Gasteiger partial charge < -0.3 is 20.0 Å². The number of hydrogen-bond acceptors (Lipinski definition) is 4. The van der Waals surface area contributed by atoms with E-state index in [1.807, 2.05) is 0 Å². The summed E-state index contributed by atoms with van der Waals surface area (Å²) in [5, 5.41) is 19.9. The van der Waals surface area contributed by atoms with E-state index in [9.17, 15) is 19.8 Å². The number of carboxylic acids is 2. The fourth-order valence-electron chi connectivity index (χ4n) is 7.18. The van der Waals surface area contributed by atoms with Crippen LogP contribution in [0.2, 0.25) is 0 Å². The van der Waals surface area contributed by atoms with E-state index in [-0.39, 0.29) is 18.3 Å². The lowest BCUT2D eigenvalue weighted by molar-refractivity contribution is -0.165. The van der Waals surface area contributed by atoms with Gasteiger partial charge in [0.1, 0.15) is 0 Å². The Morgan fingerprint density at radius 2 is 1.19 bits per heavy atom. The largest absolute Gasteiger partial charge is 0.481 e. The van der Waals surface area contributed by atoms with Crippen molar-refractivity contribution in [1.29, 1.82) is 0 Å². The molecule has 0 spiro atoms. The van der Waals surface area contributed by atoms with Gasteiger partial charge >= 0.3 is 11.9 Å². The van der Waals surface area contributed by atoms with Crippen molar-refractivity contribution in [2.75, 3.05) is 14.1 Å². The molecule has 4 aliphatic rings. The van der Waals surface area contributed by atoms with E-state index in [1.54, 1.807) is 0 Å². The number of nitrogens with zero attached hydrogens (tertiary/aromatic N) is 2. The second-order valence-corrected chi connectivity index (χ2v) is 9.68. The topological polar surface area (TPSA) is 81.1 Å². The maximum absolute atomic E-state index is 12.8. The highest BCUT2D eigenvalue weighted by Crippen LogP contribution is 2.56. The third kappa shape index (κ3) is 3.09. The molecular weight excluding hydrogens is 344 g/mol. The van der Waals surface area contributed by atoms with Gasteiger partial charge in [0.2, 0.25) is 0 Å². The van der Waals surface area contributed by atoms with Crippen LogP contribution in [0.15, 0.2) is 0 Å². The van der Waals surface area contributed by atoms with E-state index in [4.69, 9.17) is 0 Å². The lowest BCUT2D eigenvalue weighted by atomic mass is 9.57. The third-order valence-electron chi connectivity index (χ3n) is 8.80. The number of piperidine rings is 2. The van der Waals surface area contributed by atoms with Gasteiger partial charge in [-0.1, -0.05) is 0 Å². The van der Waals surface area contributed by atoms with Gasteiger partial charge in [-0.2, -0.15) is 0 Å². The van der Waals surface area contributed by atoms with Gasteiger partial charge in [-0.3, -0.25) is 9.59 Å². The van der Waals surface area contributed by atoms with Gasteiger partial charge in [0, 0.05) is 30.6 Å². The SMILES string of the molecule is CN1C2CCC1CC(C(CCC(=O)O)(C(=O)O)C1CC3CCC(C1)N3C)C2. The first kappa shape index (κ1) is 19.2. The second kappa shape index (κ2) is 7.03. The molecule has 0 aromatic heterocycles. The van der Waals surface area contributed by atoms with Crippen LogP contribution in [-0.2, 0) is 9.59 Å². The summed E-state index contributed by atoms with van der Waals surface area (Å²) < 4.78 is 0. The van der Waals surface area contributed by atoms with Crippen molar-refractivity contribution < 1.29 is 19.8 Å². The van der Waals surface area contributed by atoms with Gasteiger partial charge in [-0.05, 0) is 83.7 Å². The zero-order valence-corrected chi connectivity index (χ0v) is 16.6. The van der Waals surface area contributed by atoms with E-state index in [0.717, 1.165) is 51.4 Å².